The lowest BCUT2D eigenvalue weighted by Gasteiger charge is -2.08. The number of fused-ring (bicyclic) bond motifs is 1. The fraction of sp³-hybridized carbons (Fsp3) is 0.900. The molecule has 2 atom stereocenters. The van der Waals surface area contributed by atoms with Crippen molar-refractivity contribution in [3.8, 4) is 0 Å². The van der Waals surface area contributed by atoms with Gasteiger partial charge in [-0.3, -0.25) is 4.99 Å². The van der Waals surface area contributed by atoms with Gasteiger partial charge in [0, 0.05) is 12.0 Å². The Morgan fingerprint density at radius 1 is 1.38 bits per heavy atom. The number of hydrogen-bond donors (Lipinski definition) is 2. The Morgan fingerprint density at radius 3 is 2.46 bits per heavy atom. The quantitative estimate of drug-likeness (QED) is 0.292. The van der Waals surface area contributed by atoms with Crippen molar-refractivity contribution in [2.24, 2.45) is 28.6 Å². The van der Waals surface area contributed by atoms with Crippen LogP contribution >= 0.6 is 0 Å². The molecule has 0 radical (unpaired) electrons. The van der Waals surface area contributed by atoms with Crippen LogP contribution in [0.2, 0.25) is 0 Å². The van der Waals surface area contributed by atoms with E-state index in [-0.39, 0.29) is 0 Å². The molecule has 2 aliphatic carbocycles. The molecule has 2 aliphatic rings. The van der Waals surface area contributed by atoms with Gasteiger partial charge in [0.1, 0.15) is 5.84 Å². The third-order valence-corrected chi connectivity index (χ3v) is 3.27. The van der Waals surface area contributed by atoms with Crippen LogP contribution in [-0.4, -0.2) is 11.9 Å². The molecule has 0 aromatic rings. The number of nitrogens with two attached hydrogens (primary N) is 1. The van der Waals surface area contributed by atoms with E-state index in [2.05, 4.69) is 24.3 Å². The predicted molar refractivity (Wildman–Crippen MR) is 54.2 cm³/mol. The summed E-state index contributed by atoms with van der Waals surface area (Å²) in [5.74, 6) is 8.99. The molecule has 3 heteroatoms. The van der Waals surface area contributed by atoms with Crippen molar-refractivity contribution in [3.05, 3.63) is 0 Å². The predicted octanol–water partition coefficient (Wildman–Crippen LogP) is 1.30. The zero-order valence-corrected chi connectivity index (χ0v) is 8.46. The third-order valence-electron chi connectivity index (χ3n) is 3.27. The van der Waals surface area contributed by atoms with Gasteiger partial charge in [0.05, 0.1) is 0 Å². The number of nitrogens with one attached hydrogen (secondary N) is 1. The molecule has 0 saturated heterocycles. The summed E-state index contributed by atoms with van der Waals surface area (Å²) in [7, 11) is 0. The van der Waals surface area contributed by atoms with Crippen LogP contribution in [0.1, 0.15) is 33.1 Å². The monoisotopic (exact) mass is 181 g/mol. The Hall–Kier alpha value is -0.570. The van der Waals surface area contributed by atoms with Crippen molar-refractivity contribution in [2.75, 3.05) is 0 Å². The van der Waals surface area contributed by atoms with Gasteiger partial charge in [0.25, 0.3) is 0 Å². The molecule has 13 heavy (non-hydrogen) atoms. The van der Waals surface area contributed by atoms with Crippen molar-refractivity contribution in [1.82, 2.24) is 5.43 Å². The van der Waals surface area contributed by atoms with Gasteiger partial charge in [-0.15, -0.1) is 0 Å². The minimum Gasteiger partial charge on any atom is -0.312 e. The molecule has 74 valence electrons. The number of rotatable bonds is 2. The van der Waals surface area contributed by atoms with E-state index in [9.17, 15) is 0 Å². The van der Waals surface area contributed by atoms with Crippen molar-refractivity contribution in [2.45, 2.75) is 39.2 Å². The first kappa shape index (κ1) is 9.00. The SMILES string of the molecule is CC(C)N=C(NN)C1C2CCCC21. The van der Waals surface area contributed by atoms with Crippen LogP contribution < -0.4 is 11.3 Å². The van der Waals surface area contributed by atoms with Crippen LogP contribution in [0.4, 0.5) is 0 Å². The van der Waals surface area contributed by atoms with Crippen LogP contribution in [0.5, 0.6) is 0 Å². The summed E-state index contributed by atoms with van der Waals surface area (Å²) in [6, 6.07) is 0.354. The summed E-state index contributed by atoms with van der Waals surface area (Å²) in [6.45, 7) is 4.19. The van der Waals surface area contributed by atoms with E-state index in [0.717, 1.165) is 17.7 Å². The highest BCUT2D eigenvalue weighted by molar-refractivity contribution is 5.87. The van der Waals surface area contributed by atoms with Gasteiger partial charge >= 0.3 is 0 Å². The molecule has 0 aromatic heterocycles. The second kappa shape index (κ2) is 3.29. The Kier molecular flexibility index (Phi) is 2.28. The Morgan fingerprint density at radius 2 is 2.00 bits per heavy atom. The van der Waals surface area contributed by atoms with Gasteiger partial charge in [-0.25, -0.2) is 5.84 Å². The topological polar surface area (TPSA) is 50.4 Å². The van der Waals surface area contributed by atoms with Crippen molar-refractivity contribution >= 4 is 5.84 Å². The molecule has 3 N–H and O–H groups in total. The van der Waals surface area contributed by atoms with Crippen LogP contribution in [0.25, 0.3) is 0 Å². The molecule has 2 rings (SSSR count). The maximum absolute atomic E-state index is 5.48. The molecule has 0 bridgehead atoms. The zero-order chi connectivity index (χ0) is 9.42. The number of hydrazine groups is 1. The van der Waals surface area contributed by atoms with Crippen molar-refractivity contribution < 1.29 is 0 Å². The van der Waals surface area contributed by atoms with E-state index in [4.69, 9.17) is 5.84 Å². The summed E-state index contributed by atoms with van der Waals surface area (Å²) in [5, 5.41) is 0. The summed E-state index contributed by atoms with van der Waals surface area (Å²) in [4.78, 5) is 4.52. The van der Waals surface area contributed by atoms with E-state index in [0.29, 0.717) is 12.0 Å². The second-order valence-corrected chi connectivity index (χ2v) is 4.54. The highest BCUT2D eigenvalue weighted by atomic mass is 15.3. The fourth-order valence-corrected chi connectivity index (χ4v) is 2.72. The van der Waals surface area contributed by atoms with Crippen LogP contribution in [-0.2, 0) is 0 Å². The molecule has 0 heterocycles. The zero-order valence-electron chi connectivity index (χ0n) is 8.46. The van der Waals surface area contributed by atoms with Crippen LogP contribution in [0, 0.1) is 17.8 Å². The van der Waals surface area contributed by atoms with E-state index < -0.39 is 0 Å². The van der Waals surface area contributed by atoms with Crippen molar-refractivity contribution in [3.63, 3.8) is 0 Å². The summed E-state index contributed by atoms with van der Waals surface area (Å²) in [5.41, 5.74) is 2.77. The molecule has 2 unspecified atom stereocenters. The Bertz CT molecular complexity index is 212. The van der Waals surface area contributed by atoms with E-state index >= 15 is 0 Å². The summed E-state index contributed by atoms with van der Waals surface area (Å²) >= 11 is 0. The molecule has 3 nitrogen and oxygen atoms in total. The average molecular weight is 181 g/mol. The highest BCUT2D eigenvalue weighted by Gasteiger charge is 2.55. The first-order valence-electron chi connectivity index (χ1n) is 5.28. The minimum atomic E-state index is 0.354. The number of nitrogens with zero attached hydrogens (tertiary/aromatic N) is 1. The summed E-state index contributed by atoms with van der Waals surface area (Å²) < 4.78 is 0. The molecule has 2 fully saturated rings. The molecule has 2 saturated carbocycles. The van der Waals surface area contributed by atoms with Gasteiger partial charge < -0.3 is 5.43 Å². The fourth-order valence-electron chi connectivity index (χ4n) is 2.72. The number of aliphatic imine (C=N–C) groups is 1. The molecule has 0 spiro atoms. The highest BCUT2D eigenvalue weighted by Crippen LogP contribution is 2.57. The normalized spacial score (nSPS) is 37.8. The van der Waals surface area contributed by atoms with Crippen molar-refractivity contribution in [1.29, 1.82) is 0 Å². The maximum atomic E-state index is 5.48. The molecular weight excluding hydrogens is 162 g/mol. The molecule has 0 aromatic carbocycles. The van der Waals surface area contributed by atoms with Gasteiger partial charge in [-0.1, -0.05) is 6.42 Å². The molecular formula is C10H19N3. The molecule has 0 amide bonds. The largest absolute Gasteiger partial charge is 0.312 e. The smallest absolute Gasteiger partial charge is 0.114 e. The van der Waals surface area contributed by atoms with Gasteiger partial charge in [-0.05, 0) is 38.5 Å². The lowest BCUT2D eigenvalue weighted by molar-refractivity contribution is 0.662. The lowest BCUT2D eigenvalue weighted by Crippen LogP contribution is -2.34. The first-order valence-corrected chi connectivity index (χ1v) is 5.28. The lowest BCUT2D eigenvalue weighted by atomic mass is 10.1. The standard InChI is InChI=1S/C10H19N3/c1-6(2)12-10(13-11)9-7-4-3-5-8(7)9/h6-9H,3-5,11H2,1-2H3,(H,12,13). The second-order valence-electron chi connectivity index (χ2n) is 4.54. The Labute approximate surface area is 79.8 Å². The minimum absolute atomic E-state index is 0.354. The average Bonchev–Trinajstić information content (AvgIpc) is 2.58. The third kappa shape index (κ3) is 1.57. The van der Waals surface area contributed by atoms with Gasteiger partial charge in [0.2, 0.25) is 0 Å². The number of hydrogen-bond acceptors (Lipinski definition) is 2. The van der Waals surface area contributed by atoms with E-state index in [1.54, 1.807) is 0 Å². The van der Waals surface area contributed by atoms with Crippen LogP contribution in [0.15, 0.2) is 4.99 Å². The number of amidine groups is 1. The first-order chi connectivity index (χ1) is 6.24. The van der Waals surface area contributed by atoms with Gasteiger partial charge in [-0.2, -0.15) is 0 Å². The summed E-state index contributed by atoms with van der Waals surface area (Å²) in [6.07, 6.45) is 4.17. The van der Waals surface area contributed by atoms with Crippen LogP contribution in [0.3, 0.4) is 0 Å². The maximum Gasteiger partial charge on any atom is 0.114 e. The van der Waals surface area contributed by atoms with Gasteiger partial charge in [0.15, 0.2) is 0 Å². The van der Waals surface area contributed by atoms with E-state index in [1.165, 1.54) is 19.3 Å². The Balaban J connectivity index is 1.99. The molecule has 0 aliphatic heterocycles. The van der Waals surface area contributed by atoms with E-state index in [1.807, 2.05) is 0 Å².